The molecule has 23 heavy (non-hydrogen) atoms. The van der Waals surface area contributed by atoms with Crippen LogP contribution in [-0.2, 0) is 0 Å². The van der Waals surface area contributed by atoms with Crippen LogP contribution in [0.15, 0.2) is 27.8 Å². The van der Waals surface area contributed by atoms with Gasteiger partial charge in [0.2, 0.25) is 0 Å². The molecule has 2 N–H and O–H groups in total. The molecule has 1 unspecified atom stereocenters. The Morgan fingerprint density at radius 3 is 2.65 bits per heavy atom. The van der Waals surface area contributed by atoms with Crippen LogP contribution in [0.5, 0.6) is 0 Å². The van der Waals surface area contributed by atoms with Gasteiger partial charge in [-0.2, -0.15) is 0 Å². The number of piperidine rings is 1. The maximum absolute atomic E-state index is 5.69. The molecular formula is C17H29IN4O. The highest BCUT2D eigenvalue weighted by Crippen LogP contribution is 2.24. The van der Waals surface area contributed by atoms with Crippen molar-refractivity contribution in [2.45, 2.75) is 50.6 Å². The first-order chi connectivity index (χ1) is 10.9. The molecule has 6 heteroatoms. The second kappa shape index (κ2) is 9.52. The molecule has 1 saturated heterocycles. The molecule has 5 nitrogen and oxygen atoms in total. The number of guanidine groups is 1. The summed E-state index contributed by atoms with van der Waals surface area (Å²) in [5.74, 6) is 1.96. The van der Waals surface area contributed by atoms with E-state index >= 15 is 0 Å². The Bertz CT molecular complexity index is 467. The van der Waals surface area contributed by atoms with Gasteiger partial charge in [0.05, 0.1) is 12.3 Å². The van der Waals surface area contributed by atoms with Gasteiger partial charge in [0.25, 0.3) is 0 Å². The fourth-order valence-electron chi connectivity index (χ4n) is 3.25. The predicted molar refractivity (Wildman–Crippen MR) is 104 cm³/mol. The van der Waals surface area contributed by atoms with Crippen molar-refractivity contribution in [3.63, 3.8) is 0 Å². The summed E-state index contributed by atoms with van der Waals surface area (Å²) in [6.07, 6.45) is 9.53. The van der Waals surface area contributed by atoms with Gasteiger partial charge in [-0.15, -0.1) is 24.0 Å². The third-order valence-corrected chi connectivity index (χ3v) is 4.84. The number of furan rings is 1. The van der Waals surface area contributed by atoms with Gasteiger partial charge < -0.3 is 15.1 Å². The molecule has 1 aromatic heterocycles. The molecule has 2 heterocycles. The summed E-state index contributed by atoms with van der Waals surface area (Å²) in [4.78, 5) is 6.89. The maximum Gasteiger partial charge on any atom is 0.191 e. The van der Waals surface area contributed by atoms with Crippen molar-refractivity contribution in [1.82, 2.24) is 15.5 Å². The minimum absolute atomic E-state index is 0. The van der Waals surface area contributed by atoms with Gasteiger partial charge >= 0.3 is 0 Å². The number of nitrogens with zero attached hydrogens (tertiary/aromatic N) is 2. The Kier molecular flexibility index (Phi) is 7.69. The Morgan fingerprint density at radius 2 is 2.09 bits per heavy atom. The quantitative estimate of drug-likeness (QED) is 0.427. The third kappa shape index (κ3) is 5.11. The van der Waals surface area contributed by atoms with Gasteiger partial charge in [-0.3, -0.25) is 9.89 Å². The summed E-state index contributed by atoms with van der Waals surface area (Å²) >= 11 is 0. The average Bonchev–Trinajstić information content (AvgIpc) is 3.04. The van der Waals surface area contributed by atoms with Gasteiger partial charge in [-0.25, -0.2) is 0 Å². The zero-order valence-corrected chi connectivity index (χ0v) is 16.3. The van der Waals surface area contributed by atoms with E-state index in [-0.39, 0.29) is 30.0 Å². The van der Waals surface area contributed by atoms with E-state index in [4.69, 9.17) is 4.42 Å². The molecule has 0 radical (unpaired) electrons. The highest BCUT2D eigenvalue weighted by Gasteiger charge is 2.25. The lowest BCUT2D eigenvalue weighted by Crippen LogP contribution is -2.49. The number of hydrogen-bond donors (Lipinski definition) is 2. The summed E-state index contributed by atoms with van der Waals surface area (Å²) in [6, 6.07) is 4.95. The van der Waals surface area contributed by atoms with Crippen LogP contribution < -0.4 is 10.6 Å². The molecule has 1 aliphatic heterocycles. The number of aliphatic imine (C=N–C) groups is 1. The summed E-state index contributed by atoms with van der Waals surface area (Å²) in [5.41, 5.74) is 0. The topological polar surface area (TPSA) is 52.8 Å². The molecule has 1 aromatic rings. The van der Waals surface area contributed by atoms with E-state index in [0.29, 0.717) is 6.04 Å². The van der Waals surface area contributed by atoms with E-state index in [2.05, 4.69) is 26.6 Å². The van der Waals surface area contributed by atoms with Crippen LogP contribution in [0.25, 0.3) is 0 Å². The van der Waals surface area contributed by atoms with Gasteiger partial charge in [0.15, 0.2) is 5.96 Å². The van der Waals surface area contributed by atoms with Crippen molar-refractivity contribution in [3.8, 4) is 0 Å². The average molecular weight is 432 g/mol. The zero-order valence-electron chi connectivity index (χ0n) is 14.0. The molecule has 0 spiro atoms. The van der Waals surface area contributed by atoms with Gasteiger partial charge in [0.1, 0.15) is 5.76 Å². The monoisotopic (exact) mass is 432 g/mol. The second-order valence-electron chi connectivity index (χ2n) is 6.35. The first-order valence-electron chi connectivity index (χ1n) is 8.61. The van der Waals surface area contributed by atoms with Crippen molar-refractivity contribution < 1.29 is 4.42 Å². The van der Waals surface area contributed by atoms with Crippen LogP contribution >= 0.6 is 24.0 Å². The van der Waals surface area contributed by atoms with E-state index in [1.165, 1.54) is 38.5 Å². The van der Waals surface area contributed by atoms with Crippen molar-refractivity contribution >= 4 is 29.9 Å². The van der Waals surface area contributed by atoms with Crippen molar-refractivity contribution in [2.75, 3.05) is 26.7 Å². The Morgan fingerprint density at radius 1 is 1.30 bits per heavy atom. The second-order valence-corrected chi connectivity index (χ2v) is 6.35. The molecule has 0 amide bonds. The van der Waals surface area contributed by atoms with Gasteiger partial charge in [-0.05, 0) is 57.3 Å². The zero-order chi connectivity index (χ0) is 15.2. The highest BCUT2D eigenvalue weighted by atomic mass is 127. The molecule has 2 aliphatic rings. The minimum Gasteiger partial charge on any atom is -0.468 e. The highest BCUT2D eigenvalue weighted by molar-refractivity contribution is 14.0. The fraction of sp³-hybridized carbons (Fsp3) is 0.706. The first kappa shape index (κ1) is 18.6. The first-order valence-corrected chi connectivity index (χ1v) is 8.61. The van der Waals surface area contributed by atoms with E-state index in [1.807, 2.05) is 13.1 Å². The standard InChI is InChI=1S/C17H28N4O.HI/c1-18-17(20-14-7-5-8-14)19-13-15(16-9-6-12-22-16)21-10-3-2-4-11-21;/h6,9,12,14-15H,2-5,7-8,10-11,13H2,1H3,(H2,18,19,20);1H. The lowest BCUT2D eigenvalue weighted by molar-refractivity contribution is 0.146. The summed E-state index contributed by atoms with van der Waals surface area (Å²) < 4.78 is 5.69. The van der Waals surface area contributed by atoms with Crippen LogP contribution in [0.4, 0.5) is 0 Å². The molecular weight excluding hydrogens is 403 g/mol. The lowest BCUT2D eigenvalue weighted by Gasteiger charge is -2.34. The van der Waals surface area contributed by atoms with E-state index < -0.39 is 0 Å². The number of likely N-dealkylation sites (tertiary alicyclic amines) is 1. The van der Waals surface area contributed by atoms with Crippen LogP contribution in [0.2, 0.25) is 0 Å². The molecule has 130 valence electrons. The van der Waals surface area contributed by atoms with Crippen LogP contribution in [0, 0.1) is 0 Å². The molecule has 3 rings (SSSR count). The number of rotatable bonds is 5. The van der Waals surface area contributed by atoms with Crippen molar-refractivity contribution in [3.05, 3.63) is 24.2 Å². The van der Waals surface area contributed by atoms with Crippen molar-refractivity contribution in [2.24, 2.45) is 4.99 Å². The Balaban J connectivity index is 0.00000192. The number of nitrogens with one attached hydrogen (secondary N) is 2. The number of halogens is 1. The largest absolute Gasteiger partial charge is 0.468 e. The van der Waals surface area contributed by atoms with Gasteiger partial charge in [-0.1, -0.05) is 6.42 Å². The van der Waals surface area contributed by atoms with E-state index in [1.54, 1.807) is 6.26 Å². The summed E-state index contributed by atoms with van der Waals surface area (Å²) in [7, 11) is 1.84. The van der Waals surface area contributed by atoms with Crippen molar-refractivity contribution in [1.29, 1.82) is 0 Å². The van der Waals surface area contributed by atoms with Crippen LogP contribution in [0.1, 0.15) is 50.3 Å². The lowest BCUT2D eigenvalue weighted by atomic mass is 9.93. The molecule has 0 bridgehead atoms. The Hall–Kier alpha value is -0.760. The third-order valence-electron chi connectivity index (χ3n) is 4.84. The molecule has 2 fully saturated rings. The summed E-state index contributed by atoms with van der Waals surface area (Å²) in [5, 5.41) is 6.99. The minimum atomic E-state index is 0. The molecule has 0 aromatic carbocycles. The molecule has 1 aliphatic carbocycles. The SMILES string of the molecule is CN=C(NCC(c1ccco1)N1CCCCC1)NC1CCC1.I. The predicted octanol–water partition coefficient (Wildman–Crippen LogP) is 3.14. The summed E-state index contributed by atoms with van der Waals surface area (Å²) in [6.45, 7) is 3.14. The smallest absolute Gasteiger partial charge is 0.191 e. The normalized spacial score (nSPS) is 21.2. The molecule has 1 saturated carbocycles. The Labute approximate surface area is 156 Å². The van der Waals surface area contributed by atoms with E-state index in [9.17, 15) is 0 Å². The fourth-order valence-corrected chi connectivity index (χ4v) is 3.25. The molecule has 1 atom stereocenters. The van der Waals surface area contributed by atoms with Gasteiger partial charge in [0, 0.05) is 19.6 Å². The van der Waals surface area contributed by atoms with E-state index in [0.717, 1.165) is 31.4 Å². The maximum atomic E-state index is 5.69. The number of hydrogen-bond acceptors (Lipinski definition) is 3. The van der Waals surface area contributed by atoms with Crippen LogP contribution in [-0.4, -0.2) is 43.6 Å². The van der Waals surface area contributed by atoms with Crippen LogP contribution in [0.3, 0.4) is 0 Å².